The summed E-state index contributed by atoms with van der Waals surface area (Å²) < 4.78 is 12.4. The Bertz CT molecular complexity index is 699. The molecule has 0 saturated carbocycles. The van der Waals surface area contributed by atoms with Crippen LogP contribution in [-0.2, 0) is 16.9 Å². The summed E-state index contributed by atoms with van der Waals surface area (Å²) in [5.74, 6) is -1.12. The van der Waals surface area contributed by atoms with Crippen LogP contribution >= 0.6 is 0 Å². The fourth-order valence-electron chi connectivity index (χ4n) is 1.94. The average molecular weight is 319 g/mol. The van der Waals surface area contributed by atoms with Crippen LogP contribution in [0.4, 0.5) is 5.69 Å². The van der Waals surface area contributed by atoms with Gasteiger partial charge in [-0.05, 0) is 23.7 Å². The van der Waals surface area contributed by atoms with E-state index in [1.165, 1.54) is 6.07 Å². The molecule has 6 nitrogen and oxygen atoms in total. The minimum atomic E-state index is -1.57. The molecule has 0 saturated heterocycles. The number of nitro groups is 1. The first-order chi connectivity index (χ1) is 10.4. The molecule has 0 aliphatic rings. The Morgan fingerprint density at radius 3 is 2.55 bits per heavy atom. The summed E-state index contributed by atoms with van der Waals surface area (Å²) in [6.45, 7) is 1.88. The van der Waals surface area contributed by atoms with Crippen LogP contribution < -0.4 is 0 Å². The molecule has 0 fully saturated rings. The standard InChI is InChI=1S/C15H13NO5S/c1-10-4-2-3-5-11(10)9-22(21)14-7-12(15(17)18)6-13(8-14)16(19)20/h2-8H,9H2,1H3,(H,17,18). The van der Waals surface area contributed by atoms with Gasteiger partial charge in [0, 0.05) is 17.7 Å². The molecule has 0 spiro atoms. The van der Waals surface area contributed by atoms with Gasteiger partial charge in [-0.25, -0.2) is 4.79 Å². The lowest BCUT2D eigenvalue weighted by Gasteiger charge is -2.12. The van der Waals surface area contributed by atoms with Crippen molar-refractivity contribution >= 4 is 22.8 Å². The summed E-state index contributed by atoms with van der Waals surface area (Å²) in [6.07, 6.45) is 0. The van der Waals surface area contributed by atoms with Gasteiger partial charge in [0.15, 0.2) is 4.90 Å². The Kier molecular flexibility index (Phi) is 4.79. The van der Waals surface area contributed by atoms with Gasteiger partial charge in [0.1, 0.15) is 5.75 Å². The summed E-state index contributed by atoms with van der Waals surface area (Å²) >= 11 is -1.57. The molecule has 0 radical (unpaired) electrons. The van der Waals surface area contributed by atoms with Gasteiger partial charge < -0.3 is 9.66 Å². The quantitative estimate of drug-likeness (QED) is 0.518. The van der Waals surface area contributed by atoms with Crippen molar-refractivity contribution in [1.29, 1.82) is 0 Å². The van der Waals surface area contributed by atoms with Crippen LogP contribution in [0.2, 0.25) is 0 Å². The number of nitro benzene ring substituents is 1. The maximum Gasteiger partial charge on any atom is 0.336 e. The maximum atomic E-state index is 12.4. The molecule has 7 heteroatoms. The van der Waals surface area contributed by atoms with E-state index in [9.17, 15) is 19.5 Å². The van der Waals surface area contributed by atoms with E-state index in [2.05, 4.69) is 0 Å². The lowest BCUT2D eigenvalue weighted by Crippen LogP contribution is -2.09. The van der Waals surface area contributed by atoms with E-state index < -0.39 is 22.1 Å². The smallest absolute Gasteiger partial charge is 0.336 e. The molecule has 0 heterocycles. The Balaban J connectivity index is 2.36. The molecule has 0 amide bonds. The first kappa shape index (κ1) is 16.0. The number of nitrogens with zero attached hydrogens (tertiary/aromatic N) is 1. The molecule has 2 rings (SSSR count). The largest absolute Gasteiger partial charge is 0.611 e. The number of carboxylic acid groups (broad SMARTS) is 1. The van der Waals surface area contributed by atoms with Crippen molar-refractivity contribution in [2.45, 2.75) is 17.6 Å². The van der Waals surface area contributed by atoms with Crippen LogP contribution in [0.5, 0.6) is 0 Å². The minimum absolute atomic E-state index is 0.134. The van der Waals surface area contributed by atoms with Crippen molar-refractivity contribution in [3.8, 4) is 0 Å². The predicted molar refractivity (Wildman–Crippen MR) is 81.3 cm³/mol. The molecule has 0 aliphatic carbocycles. The van der Waals surface area contributed by atoms with E-state index in [4.69, 9.17) is 5.11 Å². The number of carbonyl (C=O) groups is 1. The second-order valence-corrected chi connectivity index (χ2v) is 6.15. The highest BCUT2D eigenvalue weighted by atomic mass is 32.2. The number of aromatic carboxylic acids is 1. The van der Waals surface area contributed by atoms with E-state index in [1.54, 1.807) is 0 Å². The zero-order valence-corrected chi connectivity index (χ0v) is 12.5. The Morgan fingerprint density at radius 1 is 1.27 bits per heavy atom. The van der Waals surface area contributed by atoms with Crippen molar-refractivity contribution in [2.75, 3.05) is 0 Å². The molecular formula is C15H13NO5S. The number of benzene rings is 2. The SMILES string of the molecule is Cc1ccccc1C[S+]([O-])c1cc(C(=O)O)cc([N+](=O)[O-])c1. The molecule has 114 valence electrons. The monoisotopic (exact) mass is 319 g/mol. The van der Waals surface area contributed by atoms with Gasteiger partial charge in [-0.15, -0.1) is 0 Å². The molecule has 2 aromatic rings. The van der Waals surface area contributed by atoms with Crippen LogP contribution in [0.25, 0.3) is 0 Å². The van der Waals surface area contributed by atoms with Gasteiger partial charge in [0.25, 0.3) is 5.69 Å². The summed E-state index contributed by atoms with van der Waals surface area (Å²) in [7, 11) is 0. The zero-order valence-electron chi connectivity index (χ0n) is 11.7. The highest BCUT2D eigenvalue weighted by Gasteiger charge is 2.21. The van der Waals surface area contributed by atoms with Crippen LogP contribution in [0.1, 0.15) is 21.5 Å². The number of hydrogen-bond acceptors (Lipinski definition) is 4. The van der Waals surface area contributed by atoms with E-state index >= 15 is 0 Å². The van der Waals surface area contributed by atoms with Crippen molar-refractivity contribution in [3.05, 3.63) is 69.3 Å². The topological polar surface area (TPSA) is 104 Å². The summed E-state index contributed by atoms with van der Waals surface area (Å²) in [4.78, 5) is 21.4. The lowest BCUT2D eigenvalue weighted by atomic mass is 10.1. The molecule has 2 aromatic carbocycles. The number of non-ortho nitro benzene ring substituents is 1. The Hall–Kier alpha value is -2.38. The van der Waals surface area contributed by atoms with Crippen LogP contribution in [0.3, 0.4) is 0 Å². The molecule has 22 heavy (non-hydrogen) atoms. The van der Waals surface area contributed by atoms with Crippen molar-refractivity contribution < 1.29 is 19.4 Å². The van der Waals surface area contributed by atoms with Gasteiger partial charge in [-0.3, -0.25) is 10.1 Å². The third kappa shape index (κ3) is 3.63. The molecule has 1 unspecified atom stereocenters. The number of rotatable bonds is 5. The third-order valence-electron chi connectivity index (χ3n) is 3.16. The number of hydrogen-bond donors (Lipinski definition) is 1. The van der Waals surface area contributed by atoms with Gasteiger partial charge in [0.2, 0.25) is 0 Å². The van der Waals surface area contributed by atoms with Crippen molar-refractivity contribution in [1.82, 2.24) is 0 Å². The molecule has 0 aromatic heterocycles. The number of carboxylic acids is 1. The summed E-state index contributed by atoms with van der Waals surface area (Å²) in [5, 5.41) is 19.9. The van der Waals surface area contributed by atoms with Gasteiger partial charge in [0.05, 0.1) is 16.6 Å². The van der Waals surface area contributed by atoms with Crippen LogP contribution in [0, 0.1) is 17.0 Å². The lowest BCUT2D eigenvalue weighted by molar-refractivity contribution is -0.385. The molecule has 1 N–H and O–H groups in total. The first-order valence-corrected chi connectivity index (χ1v) is 7.66. The van der Waals surface area contributed by atoms with E-state index in [0.717, 1.165) is 23.3 Å². The third-order valence-corrected chi connectivity index (χ3v) is 4.49. The van der Waals surface area contributed by atoms with Crippen LogP contribution in [0.15, 0.2) is 47.4 Å². The number of aryl methyl sites for hydroxylation is 1. The average Bonchev–Trinajstić information content (AvgIpc) is 2.49. The van der Waals surface area contributed by atoms with Crippen molar-refractivity contribution in [2.24, 2.45) is 0 Å². The molecular weight excluding hydrogens is 306 g/mol. The van der Waals surface area contributed by atoms with E-state index in [-0.39, 0.29) is 21.9 Å². The fourth-order valence-corrected chi connectivity index (χ4v) is 3.22. The zero-order chi connectivity index (χ0) is 16.3. The molecule has 1 atom stereocenters. The Morgan fingerprint density at radius 2 is 1.95 bits per heavy atom. The van der Waals surface area contributed by atoms with E-state index in [0.29, 0.717) is 0 Å². The fraction of sp³-hybridized carbons (Fsp3) is 0.133. The van der Waals surface area contributed by atoms with Crippen molar-refractivity contribution in [3.63, 3.8) is 0 Å². The van der Waals surface area contributed by atoms with Gasteiger partial charge in [-0.2, -0.15) is 0 Å². The molecule has 0 bridgehead atoms. The normalized spacial score (nSPS) is 11.9. The van der Waals surface area contributed by atoms with Gasteiger partial charge in [-0.1, -0.05) is 24.3 Å². The van der Waals surface area contributed by atoms with Crippen LogP contribution in [-0.4, -0.2) is 20.6 Å². The second kappa shape index (κ2) is 6.59. The highest BCUT2D eigenvalue weighted by molar-refractivity contribution is 7.90. The second-order valence-electron chi connectivity index (χ2n) is 4.69. The Labute approximate surface area is 129 Å². The predicted octanol–water partition coefficient (Wildman–Crippen LogP) is 2.91. The minimum Gasteiger partial charge on any atom is -0.611 e. The molecule has 0 aliphatic heterocycles. The first-order valence-electron chi connectivity index (χ1n) is 6.34. The van der Waals surface area contributed by atoms with Gasteiger partial charge >= 0.3 is 5.97 Å². The summed E-state index contributed by atoms with van der Waals surface area (Å²) in [6, 6.07) is 10.7. The summed E-state index contributed by atoms with van der Waals surface area (Å²) in [5.41, 5.74) is 1.18. The van der Waals surface area contributed by atoms with E-state index in [1.807, 2.05) is 31.2 Å². The maximum absolute atomic E-state index is 12.4. The highest BCUT2D eigenvalue weighted by Crippen LogP contribution is 2.24.